The SMILES string of the molecule is O=C(Nc1ccc[n+](O)c1)c1cc(C(F)(F)F)cnc1Oc1ccc(OC(F)(F)F)cc1. The third-order valence-electron chi connectivity index (χ3n) is 3.74. The van der Waals surface area contributed by atoms with Gasteiger partial charge in [-0.05, 0) is 36.4 Å². The molecule has 0 aliphatic rings. The largest absolute Gasteiger partial charge is 0.573 e. The van der Waals surface area contributed by atoms with Crippen molar-refractivity contribution < 1.29 is 50.5 Å². The summed E-state index contributed by atoms with van der Waals surface area (Å²) in [6.07, 6.45) is -6.96. The molecule has 0 aliphatic heterocycles. The van der Waals surface area contributed by atoms with Crippen molar-refractivity contribution in [3.05, 3.63) is 72.2 Å². The van der Waals surface area contributed by atoms with Crippen LogP contribution in [0.15, 0.2) is 61.1 Å². The van der Waals surface area contributed by atoms with E-state index in [0.29, 0.717) is 17.0 Å². The Morgan fingerprint density at radius 3 is 2.28 bits per heavy atom. The molecule has 1 amide bonds. The van der Waals surface area contributed by atoms with Gasteiger partial charge < -0.3 is 14.8 Å². The van der Waals surface area contributed by atoms with Crippen molar-refractivity contribution in [1.29, 1.82) is 0 Å². The highest BCUT2D eigenvalue weighted by Gasteiger charge is 2.33. The molecule has 7 nitrogen and oxygen atoms in total. The molecule has 13 heteroatoms. The lowest BCUT2D eigenvalue weighted by Crippen LogP contribution is -2.29. The number of nitrogens with one attached hydrogen (secondary N) is 1. The molecular formula is C19H12F6N3O4+. The molecule has 168 valence electrons. The molecule has 0 spiro atoms. The van der Waals surface area contributed by atoms with Gasteiger partial charge in [0.05, 0.1) is 5.56 Å². The second kappa shape index (κ2) is 8.61. The van der Waals surface area contributed by atoms with E-state index in [9.17, 15) is 36.3 Å². The number of ether oxygens (including phenoxy) is 2. The molecule has 32 heavy (non-hydrogen) atoms. The Labute approximate surface area is 175 Å². The van der Waals surface area contributed by atoms with Gasteiger partial charge in [0.2, 0.25) is 18.3 Å². The average molecular weight is 460 g/mol. The van der Waals surface area contributed by atoms with Crippen LogP contribution in [-0.4, -0.2) is 22.5 Å². The van der Waals surface area contributed by atoms with Gasteiger partial charge in [-0.1, -0.05) is 0 Å². The molecule has 3 aromatic rings. The lowest BCUT2D eigenvalue weighted by Gasteiger charge is -2.14. The van der Waals surface area contributed by atoms with Crippen molar-refractivity contribution in [2.24, 2.45) is 0 Å². The van der Waals surface area contributed by atoms with Crippen molar-refractivity contribution >= 4 is 11.6 Å². The predicted molar refractivity (Wildman–Crippen MR) is 94.2 cm³/mol. The molecule has 2 N–H and O–H groups in total. The minimum Gasteiger partial charge on any atom is -0.438 e. The normalized spacial score (nSPS) is 11.7. The van der Waals surface area contributed by atoms with Gasteiger partial charge in [0.1, 0.15) is 22.7 Å². The molecule has 0 atom stereocenters. The van der Waals surface area contributed by atoms with Crippen molar-refractivity contribution in [2.45, 2.75) is 12.5 Å². The number of hydrogen-bond acceptors (Lipinski definition) is 5. The third-order valence-corrected chi connectivity index (χ3v) is 3.74. The van der Waals surface area contributed by atoms with Crippen LogP contribution in [0.3, 0.4) is 0 Å². The maximum Gasteiger partial charge on any atom is 0.573 e. The van der Waals surface area contributed by atoms with Crippen LogP contribution in [0.1, 0.15) is 15.9 Å². The molecule has 0 radical (unpaired) electrons. The van der Waals surface area contributed by atoms with Crippen molar-refractivity contribution in [2.75, 3.05) is 5.32 Å². The second-order valence-corrected chi connectivity index (χ2v) is 6.12. The van der Waals surface area contributed by atoms with E-state index in [4.69, 9.17) is 4.74 Å². The number of nitrogens with zero attached hydrogens (tertiary/aromatic N) is 2. The van der Waals surface area contributed by atoms with Crippen LogP contribution >= 0.6 is 0 Å². The summed E-state index contributed by atoms with van der Waals surface area (Å²) in [5, 5.41) is 11.7. The Hall–Kier alpha value is -4.03. The number of rotatable bonds is 5. The molecular weight excluding hydrogens is 448 g/mol. The van der Waals surface area contributed by atoms with Crippen molar-refractivity contribution in [1.82, 2.24) is 4.98 Å². The number of benzene rings is 1. The summed E-state index contributed by atoms with van der Waals surface area (Å²) in [6, 6.07) is 7.16. The fraction of sp³-hybridized carbons (Fsp3) is 0.105. The molecule has 0 bridgehead atoms. The first-order valence-electron chi connectivity index (χ1n) is 8.53. The van der Waals surface area contributed by atoms with E-state index in [-0.39, 0.29) is 11.4 Å². The van der Waals surface area contributed by atoms with Crippen LogP contribution in [0.25, 0.3) is 0 Å². The van der Waals surface area contributed by atoms with E-state index in [1.165, 1.54) is 18.3 Å². The minimum atomic E-state index is -4.91. The number of alkyl halides is 6. The van der Waals surface area contributed by atoms with E-state index in [2.05, 4.69) is 15.0 Å². The number of carbonyl (C=O) groups excluding carboxylic acids is 1. The number of halogens is 6. The van der Waals surface area contributed by atoms with Gasteiger partial charge in [-0.15, -0.1) is 13.2 Å². The Balaban J connectivity index is 1.90. The van der Waals surface area contributed by atoms with Crippen LogP contribution in [-0.2, 0) is 6.18 Å². The van der Waals surface area contributed by atoms with Crippen LogP contribution in [0, 0.1) is 0 Å². The van der Waals surface area contributed by atoms with E-state index in [1.807, 2.05) is 0 Å². The van der Waals surface area contributed by atoms with E-state index >= 15 is 0 Å². The lowest BCUT2D eigenvalue weighted by molar-refractivity contribution is -0.904. The van der Waals surface area contributed by atoms with Crippen molar-refractivity contribution in [3.63, 3.8) is 0 Å². The highest BCUT2D eigenvalue weighted by atomic mass is 19.4. The molecule has 1 aromatic carbocycles. The maximum absolute atomic E-state index is 13.1. The van der Waals surface area contributed by atoms with Crippen molar-refractivity contribution in [3.8, 4) is 17.4 Å². The Morgan fingerprint density at radius 2 is 1.69 bits per heavy atom. The van der Waals surface area contributed by atoms with Gasteiger partial charge in [-0.25, -0.2) is 4.98 Å². The number of pyridine rings is 2. The summed E-state index contributed by atoms with van der Waals surface area (Å²) in [4.78, 5) is 16.1. The molecule has 2 aromatic heterocycles. The fourth-order valence-corrected chi connectivity index (χ4v) is 2.41. The number of hydrogen-bond donors (Lipinski definition) is 2. The zero-order chi connectivity index (χ0) is 23.5. The highest BCUT2D eigenvalue weighted by molar-refractivity contribution is 6.05. The van der Waals surface area contributed by atoms with Gasteiger partial charge in [-0.2, -0.15) is 13.2 Å². The first-order chi connectivity index (χ1) is 14.9. The van der Waals surface area contributed by atoms with Gasteiger partial charge in [0.15, 0.2) is 0 Å². The van der Waals surface area contributed by atoms with Gasteiger partial charge in [0.25, 0.3) is 5.91 Å². The topological polar surface area (TPSA) is 84.6 Å². The monoisotopic (exact) mass is 460 g/mol. The second-order valence-electron chi connectivity index (χ2n) is 6.12. The van der Waals surface area contributed by atoms with E-state index in [1.54, 1.807) is 0 Å². The Morgan fingerprint density at radius 1 is 1.03 bits per heavy atom. The number of aromatic nitrogens is 2. The molecule has 0 unspecified atom stereocenters. The van der Waals surface area contributed by atoms with Gasteiger partial charge >= 0.3 is 12.5 Å². The molecule has 3 rings (SSSR count). The summed E-state index contributed by atoms with van der Waals surface area (Å²) < 4.78 is 85.7. The number of carbonyl (C=O) groups is 1. The van der Waals surface area contributed by atoms with Crippen LogP contribution in [0.5, 0.6) is 17.4 Å². The molecule has 0 saturated carbocycles. The standard InChI is InChI=1S/C19H11F6N3O4/c20-18(21,22)11-8-15(16(29)27-12-2-1-7-28(30)10-12)17(26-9-11)31-13-3-5-14(6-4-13)32-19(23,24)25/h1-10H,(H-,27,29,30)/p+1. The summed E-state index contributed by atoms with van der Waals surface area (Å²) in [5.74, 6) is -2.24. The molecule has 2 heterocycles. The Kier molecular flexibility index (Phi) is 6.09. The quantitative estimate of drug-likeness (QED) is 0.331. The zero-order valence-corrected chi connectivity index (χ0v) is 15.6. The third kappa shape index (κ3) is 6.00. The highest BCUT2D eigenvalue weighted by Crippen LogP contribution is 2.33. The van der Waals surface area contributed by atoms with E-state index in [0.717, 1.165) is 30.5 Å². The zero-order valence-electron chi connectivity index (χ0n) is 15.6. The predicted octanol–water partition coefficient (Wildman–Crippen LogP) is 4.57. The first-order valence-corrected chi connectivity index (χ1v) is 8.53. The Bertz CT molecular complexity index is 1120. The van der Waals surface area contributed by atoms with E-state index < -0.39 is 41.2 Å². The van der Waals surface area contributed by atoms with Gasteiger partial charge in [0, 0.05) is 17.0 Å². The average Bonchev–Trinajstić information content (AvgIpc) is 2.68. The molecule has 0 aliphatic carbocycles. The summed E-state index contributed by atoms with van der Waals surface area (Å²) in [7, 11) is 0. The summed E-state index contributed by atoms with van der Waals surface area (Å²) in [6.45, 7) is 0. The van der Waals surface area contributed by atoms with Crippen LogP contribution in [0.4, 0.5) is 32.0 Å². The fourth-order valence-electron chi connectivity index (χ4n) is 2.41. The summed E-state index contributed by atoms with van der Waals surface area (Å²) in [5.41, 5.74) is -1.78. The molecule has 0 saturated heterocycles. The number of amides is 1. The summed E-state index contributed by atoms with van der Waals surface area (Å²) >= 11 is 0. The number of anilines is 1. The lowest BCUT2D eigenvalue weighted by atomic mass is 10.1. The maximum atomic E-state index is 13.1. The van der Waals surface area contributed by atoms with Crippen LogP contribution in [0.2, 0.25) is 0 Å². The molecule has 0 fully saturated rings. The van der Waals surface area contributed by atoms with Gasteiger partial charge in [-0.3, -0.25) is 10.0 Å². The van der Waals surface area contributed by atoms with Crippen LogP contribution < -0.4 is 19.5 Å². The smallest absolute Gasteiger partial charge is 0.438 e. The minimum absolute atomic E-state index is 0.0528. The first kappa shape index (κ1) is 22.7.